The van der Waals surface area contributed by atoms with Crippen molar-refractivity contribution in [2.75, 3.05) is 0 Å². The summed E-state index contributed by atoms with van der Waals surface area (Å²) >= 11 is 6.04. The Labute approximate surface area is 125 Å². The smallest absolute Gasteiger partial charge is 0.0408 e. The summed E-state index contributed by atoms with van der Waals surface area (Å²) in [5.41, 5.74) is 3.96. The van der Waals surface area contributed by atoms with Gasteiger partial charge in [0, 0.05) is 30.0 Å². The van der Waals surface area contributed by atoms with Gasteiger partial charge in [-0.15, -0.1) is 0 Å². The van der Waals surface area contributed by atoms with Crippen LogP contribution in [0, 0.1) is 6.92 Å². The summed E-state index contributed by atoms with van der Waals surface area (Å²) in [4.78, 5) is 4.18. The Morgan fingerprint density at radius 1 is 1.30 bits per heavy atom. The van der Waals surface area contributed by atoms with E-state index in [0.717, 1.165) is 11.6 Å². The highest BCUT2D eigenvalue weighted by Gasteiger charge is 2.29. The SMILES string of the molecule is Cc1ccncc1CNC1CC(c2cccc(Cl)c2)C1. The molecule has 0 spiro atoms. The number of nitrogens with one attached hydrogen (secondary N) is 1. The van der Waals surface area contributed by atoms with Crippen molar-refractivity contribution in [1.29, 1.82) is 0 Å². The van der Waals surface area contributed by atoms with E-state index in [-0.39, 0.29) is 0 Å². The molecule has 1 aromatic carbocycles. The minimum Gasteiger partial charge on any atom is -0.310 e. The summed E-state index contributed by atoms with van der Waals surface area (Å²) in [6, 6.07) is 10.9. The Bertz CT molecular complexity index is 591. The Kier molecular flexibility index (Phi) is 4.04. The molecule has 0 aliphatic heterocycles. The molecule has 1 heterocycles. The average Bonchev–Trinajstić information content (AvgIpc) is 2.39. The third-order valence-corrected chi connectivity index (χ3v) is 4.42. The van der Waals surface area contributed by atoms with Crippen LogP contribution in [-0.2, 0) is 6.54 Å². The lowest BCUT2D eigenvalue weighted by Gasteiger charge is -2.36. The maximum atomic E-state index is 6.04. The van der Waals surface area contributed by atoms with Crippen LogP contribution in [0.4, 0.5) is 0 Å². The van der Waals surface area contributed by atoms with Crippen LogP contribution in [0.25, 0.3) is 0 Å². The van der Waals surface area contributed by atoms with E-state index in [1.807, 2.05) is 24.5 Å². The van der Waals surface area contributed by atoms with Crippen LogP contribution in [0.2, 0.25) is 5.02 Å². The number of pyridine rings is 1. The van der Waals surface area contributed by atoms with Crippen molar-refractivity contribution >= 4 is 11.6 Å². The molecule has 1 aliphatic rings. The number of hydrogen-bond donors (Lipinski definition) is 1. The van der Waals surface area contributed by atoms with Gasteiger partial charge in [0.25, 0.3) is 0 Å². The molecule has 3 heteroatoms. The van der Waals surface area contributed by atoms with Gasteiger partial charge in [0.2, 0.25) is 0 Å². The van der Waals surface area contributed by atoms with E-state index in [0.29, 0.717) is 12.0 Å². The van der Waals surface area contributed by atoms with E-state index in [4.69, 9.17) is 11.6 Å². The highest BCUT2D eigenvalue weighted by molar-refractivity contribution is 6.30. The summed E-state index contributed by atoms with van der Waals surface area (Å²) in [5.74, 6) is 0.654. The van der Waals surface area contributed by atoms with Crippen molar-refractivity contribution in [1.82, 2.24) is 10.3 Å². The molecule has 2 aromatic rings. The molecule has 3 rings (SSSR count). The first-order valence-electron chi connectivity index (χ1n) is 7.10. The minimum absolute atomic E-state index is 0.610. The normalized spacial score (nSPS) is 21.5. The first-order valence-corrected chi connectivity index (χ1v) is 7.48. The molecule has 1 fully saturated rings. The Hall–Kier alpha value is -1.38. The van der Waals surface area contributed by atoms with Gasteiger partial charge in [0.15, 0.2) is 0 Å². The first-order chi connectivity index (χ1) is 9.72. The Balaban J connectivity index is 1.50. The van der Waals surface area contributed by atoms with Gasteiger partial charge in [0.05, 0.1) is 0 Å². The topological polar surface area (TPSA) is 24.9 Å². The lowest BCUT2D eigenvalue weighted by atomic mass is 9.76. The molecule has 1 saturated carbocycles. The molecule has 1 aromatic heterocycles. The number of benzene rings is 1. The Morgan fingerprint density at radius 3 is 2.90 bits per heavy atom. The standard InChI is InChI=1S/C17H19ClN2/c1-12-5-6-19-10-15(12)11-20-17-8-14(9-17)13-3-2-4-16(18)7-13/h2-7,10,14,17,20H,8-9,11H2,1H3. The van der Waals surface area contributed by atoms with E-state index < -0.39 is 0 Å². The van der Waals surface area contributed by atoms with Crippen LogP contribution >= 0.6 is 11.6 Å². The lowest BCUT2D eigenvalue weighted by molar-refractivity contribution is 0.289. The van der Waals surface area contributed by atoms with Crippen LogP contribution < -0.4 is 5.32 Å². The molecule has 0 saturated heterocycles. The molecule has 0 bridgehead atoms. The zero-order valence-electron chi connectivity index (χ0n) is 11.6. The fourth-order valence-corrected chi connectivity index (χ4v) is 2.95. The molecule has 104 valence electrons. The molecular weight excluding hydrogens is 268 g/mol. The summed E-state index contributed by atoms with van der Waals surface area (Å²) in [6.45, 7) is 3.04. The van der Waals surface area contributed by atoms with E-state index >= 15 is 0 Å². The van der Waals surface area contributed by atoms with Gasteiger partial charge in [0.1, 0.15) is 0 Å². The molecule has 0 radical (unpaired) electrons. The van der Waals surface area contributed by atoms with Crippen LogP contribution in [0.15, 0.2) is 42.7 Å². The number of halogens is 1. The second-order valence-electron chi connectivity index (χ2n) is 5.60. The number of hydrogen-bond acceptors (Lipinski definition) is 2. The van der Waals surface area contributed by atoms with E-state index in [1.165, 1.54) is 29.5 Å². The number of nitrogens with zero attached hydrogens (tertiary/aromatic N) is 1. The highest BCUT2D eigenvalue weighted by atomic mass is 35.5. The van der Waals surface area contributed by atoms with Crippen molar-refractivity contribution in [3.63, 3.8) is 0 Å². The van der Waals surface area contributed by atoms with Crippen molar-refractivity contribution in [3.8, 4) is 0 Å². The minimum atomic E-state index is 0.610. The molecule has 0 unspecified atom stereocenters. The van der Waals surface area contributed by atoms with Gasteiger partial charge in [-0.1, -0.05) is 23.7 Å². The van der Waals surface area contributed by atoms with Crippen LogP contribution in [0.3, 0.4) is 0 Å². The van der Waals surface area contributed by atoms with Gasteiger partial charge in [-0.3, -0.25) is 4.98 Å². The van der Waals surface area contributed by atoms with E-state index in [1.54, 1.807) is 0 Å². The molecule has 1 aliphatic carbocycles. The maximum Gasteiger partial charge on any atom is 0.0408 e. The largest absolute Gasteiger partial charge is 0.310 e. The Morgan fingerprint density at radius 2 is 2.15 bits per heavy atom. The lowest BCUT2D eigenvalue weighted by Crippen LogP contribution is -2.39. The van der Waals surface area contributed by atoms with Crippen LogP contribution in [-0.4, -0.2) is 11.0 Å². The predicted octanol–water partition coefficient (Wildman–Crippen LogP) is 4.08. The third kappa shape index (κ3) is 3.02. The van der Waals surface area contributed by atoms with Gasteiger partial charge in [-0.05, 0) is 60.6 Å². The second-order valence-corrected chi connectivity index (χ2v) is 6.04. The molecule has 2 nitrogen and oxygen atoms in total. The van der Waals surface area contributed by atoms with Crippen molar-refractivity contribution in [2.24, 2.45) is 0 Å². The van der Waals surface area contributed by atoms with Crippen LogP contribution in [0.1, 0.15) is 35.4 Å². The number of rotatable bonds is 4. The molecule has 0 atom stereocenters. The molecule has 1 N–H and O–H groups in total. The van der Waals surface area contributed by atoms with Gasteiger partial charge in [-0.25, -0.2) is 0 Å². The predicted molar refractivity (Wildman–Crippen MR) is 83.0 cm³/mol. The van der Waals surface area contributed by atoms with Crippen LogP contribution in [0.5, 0.6) is 0 Å². The van der Waals surface area contributed by atoms with E-state index in [2.05, 4.69) is 35.4 Å². The fourth-order valence-electron chi connectivity index (χ4n) is 2.75. The monoisotopic (exact) mass is 286 g/mol. The first kappa shape index (κ1) is 13.6. The van der Waals surface area contributed by atoms with Gasteiger partial charge < -0.3 is 5.32 Å². The van der Waals surface area contributed by atoms with Gasteiger partial charge >= 0.3 is 0 Å². The van der Waals surface area contributed by atoms with Gasteiger partial charge in [-0.2, -0.15) is 0 Å². The quantitative estimate of drug-likeness (QED) is 0.916. The number of aromatic nitrogens is 1. The molecular formula is C17H19ClN2. The third-order valence-electron chi connectivity index (χ3n) is 4.19. The fraction of sp³-hybridized carbons (Fsp3) is 0.353. The summed E-state index contributed by atoms with van der Waals surface area (Å²) in [7, 11) is 0. The summed E-state index contributed by atoms with van der Waals surface area (Å²) in [6.07, 6.45) is 6.19. The van der Waals surface area contributed by atoms with Crippen molar-refractivity contribution < 1.29 is 0 Å². The summed E-state index contributed by atoms with van der Waals surface area (Å²) in [5, 5.41) is 4.46. The number of aryl methyl sites for hydroxylation is 1. The molecule has 0 amide bonds. The summed E-state index contributed by atoms with van der Waals surface area (Å²) < 4.78 is 0. The zero-order chi connectivity index (χ0) is 13.9. The van der Waals surface area contributed by atoms with Crippen molar-refractivity contribution in [2.45, 2.75) is 38.3 Å². The second kappa shape index (κ2) is 5.94. The van der Waals surface area contributed by atoms with E-state index in [9.17, 15) is 0 Å². The van der Waals surface area contributed by atoms with Crippen molar-refractivity contribution in [3.05, 3.63) is 64.4 Å². The molecule has 20 heavy (non-hydrogen) atoms. The highest BCUT2D eigenvalue weighted by Crippen LogP contribution is 2.37. The zero-order valence-corrected chi connectivity index (χ0v) is 12.4. The maximum absolute atomic E-state index is 6.04. The average molecular weight is 287 g/mol.